The zero-order valence-electron chi connectivity index (χ0n) is 26.9. The molecule has 0 bridgehead atoms. The molecule has 0 spiro atoms. The molecule has 1 aliphatic rings. The average Bonchev–Trinajstić information content (AvgIpc) is 3.50. The number of aromatic nitrogens is 1. The molecule has 50 heavy (non-hydrogen) atoms. The first-order valence-corrected chi connectivity index (χ1v) is 16.8. The largest absolute Gasteiger partial charge is 0.456 e. The molecule has 4 heteroatoms. The third-order valence-electron chi connectivity index (χ3n) is 9.83. The van der Waals surface area contributed by atoms with E-state index in [9.17, 15) is 4.39 Å². The molecule has 0 saturated heterocycles. The van der Waals surface area contributed by atoms with Gasteiger partial charge in [0.25, 0.3) is 0 Å². The lowest BCUT2D eigenvalue weighted by molar-refractivity contribution is 0.487. The van der Waals surface area contributed by atoms with E-state index < -0.39 is 0 Å². The molecule has 0 fully saturated rings. The fourth-order valence-corrected chi connectivity index (χ4v) is 7.54. The number of benzene rings is 8. The van der Waals surface area contributed by atoms with Crippen LogP contribution >= 0.6 is 0 Å². The van der Waals surface area contributed by atoms with Gasteiger partial charge in [-0.1, -0.05) is 97.1 Å². The summed E-state index contributed by atoms with van der Waals surface area (Å²) in [5.74, 6) is 1.36. The Hall–Kier alpha value is -6.65. The zero-order chi connectivity index (χ0) is 33.2. The van der Waals surface area contributed by atoms with Crippen molar-refractivity contribution in [3.63, 3.8) is 0 Å². The van der Waals surface area contributed by atoms with Gasteiger partial charge in [0.05, 0.1) is 11.0 Å². The van der Waals surface area contributed by atoms with Crippen molar-refractivity contribution in [2.75, 3.05) is 4.90 Å². The van der Waals surface area contributed by atoms with E-state index in [2.05, 4.69) is 143 Å². The van der Waals surface area contributed by atoms with E-state index in [-0.39, 0.29) is 5.82 Å². The lowest BCUT2D eigenvalue weighted by Crippen LogP contribution is -2.11. The summed E-state index contributed by atoms with van der Waals surface area (Å²) in [5.41, 5.74) is 10.6. The van der Waals surface area contributed by atoms with Crippen LogP contribution in [0.1, 0.15) is 0 Å². The van der Waals surface area contributed by atoms with Crippen LogP contribution < -0.4 is 9.64 Å². The molecular weight excluding hydrogens is 616 g/mol. The maximum absolute atomic E-state index is 14.3. The standard InChI is InChI=1S/C46H29FN2O/c47-33-18-22-34(23-19-33)48(37-25-27-40-41-13-6-10-32-11-7-15-44(46(32)41)50-45(40)29-37)36-24-26-39-38-12-4-5-14-42(38)49(43(39)28-36)35-20-16-31(17-21-35)30-8-2-1-3-9-30/h1-29H. The Labute approximate surface area is 288 Å². The quantitative estimate of drug-likeness (QED) is 0.185. The van der Waals surface area contributed by atoms with Crippen LogP contribution in [0.15, 0.2) is 176 Å². The predicted molar refractivity (Wildman–Crippen MR) is 204 cm³/mol. The molecule has 1 aliphatic heterocycles. The van der Waals surface area contributed by atoms with Crippen LogP contribution in [0.2, 0.25) is 0 Å². The summed E-state index contributed by atoms with van der Waals surface area (Å²) in [6.07, 6.45) is 0. The fraction of sp³-hybridized carbons (Fsp3) is 0. The summed E-state index contributed by atoms with van der Waals surface area (Å²) < 4.78 is 23.2. The van der Waals surface area contributed by atoms with E-state index in [0.29, 0.717) is 0 Å². The lowest BCUT2D eigenvalue weighted by Gasteiger charge is -2.28. The Kier molecular flexibility index (Phi) is 6.36. The molecule has 1 aromatic heterocycles. The van der Waals surface area contributed by atoms with Crippen molar-refractivity contribution in [2.24, 2.45) is 0 Å². The highest BCUT2D eigenvalue weighted by molar-refractivity contribution is 6.10. The summed E-state index contributed by atoms with van der Waals surface area (Å²) in [4.78, 5) is 2.17. The maximum Gasteiger partial charge on any atom is 0.137 e. The predicted octanol–water partition coefficient (Wildman–Crippen LogP) is 13.0. The summed E-state index contributed by atoms with van der Waals surface area (Å²) in [6.45, 7) is 0. The van der Waals surface area contributed by atoms with Gasteiger partial charge in [0.15, 0.2) is 0 Å². The Bertz CT molecular complexity index is 2730. The summed E-state index contributed by atoms with van der Waals surface area (Å²) in [6, 6.07) is 59.9. The third-order valence-corrected chi connectivity index (χ3v) is 9.83. The summed E-state index contributed by atoms with van der Waals surface area (Å²) in [5, 5.41) is 4.63. The molecule has 0 atom stereocenters. The molecular formula is C46H29FN2O. The minimum Gasteiger partial charge on any atom is -0.456 e. The SMILES string of the molecule is Fc1ccc(N(c2ccc3c(c2)Oc2cccc4cccc-3c24)c2ccc3c4ccccc4n(-c4ccc(-c5ccccc5)cc4)c3c2)cc1. The first-order valence-electron chi connectivity index (χ1n) is 16.8. The van der Waals surface area contributed by atoms with Crippen LogP contribution in [0.5, 0.6) is 11.5 Å². The van der Waals surface area contributed by atoms with E-state index in [4.69, 9.17) is 4.74 Å². The van der Waals surface area contributed by atoms with Crippen LogP contribution in [0.3, 0.4) is 0 Å². The highest BCUT2D eigenvalue weighted by atomic mass is 19.1. The van der Waals surface area contributed by atoms with Gasteiger partial charge in [-0.05, 0) is 94.9 Å². The minimum absolute atomic E-state index is 0.276. The van der Waals surface area contributed by atoms with Crippen molar-refractivity contribution in [1.82, 2.24) is 4.57 Å². The molecule has 0 N–H and O–H groups in total. The molecule has 0 saturated carbocycles. The second-order valence-electron chi connectivity index (χ2n) is 12.7. The molecule has 0 amide bonds. The van der Waals surface area contributed by atoms with E-state index in [1.165, 1.54) is 28.6 Å². The minimum atomic E-state index is -0.276. The number of ether oxygens (including phenoxy) is 1. The molecule has 8 aromatic carbocycles. The number of halogens is 1. The monoisotopic (exact) mass is 644 g/mol. The topological polar surface area (TPSA) is 17.4 Å². The summed E-state index contributed by atoms with van der Waals surface area (Å²) in [7, 11) is 0. The molecule has 0 radical (unpaired) electrons. The van der Waals surface area contributed by atoms with Gasteiger partial charge in [0.1, 0.15) is 17.3 Å². The van der Waals surface area contributed by atoms with Gasteiger partial charge >= 0.3 is 0 Å². The van der Waals surface area contributed by atoms with Crippen LogP contribution in [-0.4, -0.2) is 4.57 Å². The van der Waals surface area contributed by atoms with E-state index in [1.54, 1.807) is 0 Å². The Morgan fingerprint density at radius 2 is 1.14 bits per heavy atom. The van der Waals surface area contributed by atoms with Crippen LogP contribution in [0.25, 0.3) is 60.5 Å². The average molecular weight is 645 g/mol. The van der Waals surface area contributed by atoms with Crippen molar-refractivity contribution in [2.45, 2.75) is 0 Å². The highest BCUT2D eigenvalue weighted by Gasteiger charge is 2.23. The number of anilines is 3. The molecule has 0 aliphatic carbocycles. The number of para-hydroxylation sites is 1. The fourth-order valence-electron chi connectivity index (χ4n) is 7.54. The van der Waals surface area contributed by atoms with Crippen molar-refractivity contribution in [1.29, 1.82) is 0 Å². The van der Waals surface area contributed by atoms with Crippen molar-refractivity contribution >= 4 is 49.6 Å². The number of fused-ring (bicyclic) bond motifs is 5. The van der Waals surface area contributed by atoms with Gasteiger partial charge in [-0.25, -0.2) is 4.39 Å². The van der Waals surface area contributed by atoms with Crippen LogP contribution in [-0.2, 0) is 0 Å². The second-order valence-corrected chi connectivity index (χ2v) is 12.7. The van der Waals surface area contributed by atoms with Gasteiger partial charge in [0, 0.05) is 50.5 Å². The molecule has 10 rings (SSSR count). The van der Waals surface area contributed by atoms with E-state index >= 15 is 0 Å². The number of nitrogens with zero attached hydrogens (tertiary/aromatic N) is 2. The van der Waals surface area contributed by atoms with Gasteiger partial charge in [-0.2, -0.15) is 0 Å². The van der Waals surface area contributed by atoms with Crippen LogP contribution in [0, 0.1) is 5.82 Å². The first kappa shape index (κ1) is 28.4. The first-order chi connectivity index (χ1) is 24.7. The third kappa shape index (κ3) is 4.50. The van der Waals surface area contributed by atoms with Crippen molar-refractivity contribution < 1.29 is 9.13 Å². The van der Waals surface area contributed by atoms with Gasteiger partial charge in [-0.3, -0.25) is 0 Å². The molecule has 236 valence electrons. The van der Waals surface area contributed by atoms with Gasteiger partial charge in [0.2, 0.25) is 0 Å². The van der Waals surface area contributed by atoms with Gasteiger partial charge in [-0.15, -0.1) is 0 Å². The molecule has 0 unspecified atom stereocenters. The zero-order valence-corrected chi connectivity index (χ0v) is 26.9. The molecule has 3 nitrogen and oxygen atoms in total. The smallest absolute Gasteiger partial charge is 0.137 e. The lowest BCUT2D eigenvalue weighted by atomic mass is 9.94. The Morgan fingerprint density at radius 1 is 0.460 bits per heavy atom. The van der Waals surface area contributed by atoms with Crippen molar-refractivity contribution in [3.8, 4) is 39.4 Å². The highest BCUT2D eigenvalue weighted by Crippen LogP contribution is 2.49. The maximum atomic E-state index is 14.3. The molecule has 2 heterocycles. The van der Waals surface area contributed by atoms with Crippen molar-refractivity contribution in [3.05, 3.63) is 182 Å². The number of hydrogen-bond acceptors (Lipinski definition) is 2. The van der Waals surface area contributed by atoms with E-state index in [0.717, 1.165) is 72.6 Å². The Morgan fingerprint density at radius 3 is 1.98 bits per heavy atom. The number of rotatable bonds is 5. The van der Waals surface area contributed by atoms with Crippen LogP contribution in [0.4, 0.5) is 21.5 Å². The summed E-state index contributed by atoms with van der Waals surface area (Å²) >= 11 is 0. The van der Waals surface area contributed by atoms with E-state index in [1.807, 2.05) is 30.3 Å². The van der Waals surface area contributed by atoms with Gasteiger partial charge < -0.3 is 14.2 Å². The Balaban J connectivity index is 1.15. The molecule has 9 aromatic rings. The second kappa shape index (κ2) is 11.2. The number of hydrogen-bond donors (Lipinski definition) is 0. The normalized spacial score (nSPS) is 11.9.